The summed E-state index contributed by atoms with van der Waals surface area (Å²) in [5.74, 6) is 1.34. The third-order valence-corrected chi connectivity index (χ3v) is 3.00. The largest absolute Gasteiger partial charge is 0.464 e. The van der Waals surface area contributed by atoms with Gasteiger partial charge in [-0.3, -0.25) is 9.59 Å². The van der Waals surface area contributed by atoms with Crippen LogP contribution in [0.2, 0.25) is 0 Å². The van der Waals surface area contributed by atoms with Crippen LogP contribution in [0.15, 0.2) is 16.5 Å². The summed E-state index contributed by atoms with van der Waals surface area (Å²) in [7, 11) is 0. The van der Waals surface area contributed by atoms with Crippen molar-refractivity contribution in [2.24, 2.45) is 5.73 Å². The van der Waals surface area contributed by atoms with Crippen molar-refractivity contribution in [2.45, 2.75) is 19.9 Å². The van der Waals surface area contributed by atoms with Gasteiger partial charge in [0.15, 0.2) is 0 Å². The number of hydrogen-bond acceptors (Lipinski definition) is 4. The van der Waals surface area contributed by atoms with Crippen molar-refractivity contribution < 1.29 is 14.0 Å². The Kier molecular flexibility index (Phi) is 5.09. The van der Waals surface area contributed by atoms with Crippen molar-refractivity contribution in [1.29, 1.82) is 0 Å². The second-order valence-corrected chi connectivity index (χ2v) is 4.68. The maximum Gasteiger partial charge on any atom is 0.230 e. The van der Waals surface area contributed by atoms with E-state index < -0.39 is 5.91 Å². The van der Waals surface area contributed by atoms with Gasteiger partial charge in [-0.25, -0.2) is 0 Å². The van der Waals surface area contributed by atoms with E-state index in [1.165, 1.54) is 11.8 Å². The Morgan fingerprint density at radius 2 is 2.18 bits per heavy atom. The molecule has 0 saturated heterocycles. The van der Waals surface area contributed by atoms with E-state index in [1.807, 2.05) is 26.0 Å². The number of rotatable bonds is 6. The van der Waals surface area contributed by atoms with Crippen molar-refractivity contribution >= 4 is 23.6 Å². The molecule has 2 amide bonds. The molecule has 0 aliphatic rings. The number of nitrogens with one attached hydrogen (secondary N) is 1. The molecule has 3 N–H and O–H groups in total. The predicted octanol–water partition coefficient (Wildman–Crippen LogP) is 0.984. The molecule has 1 aromatic rings. The number of hydrogen-bond donors (Lipinski definition) is 2. The Morgan fingerprint density at radius 3 is 2.71 bits per heavy atom. The number of amides is 2. The van der Waals surface area contributed by atoms with Crippen LogP contribution < -0.4 is 11.1 Å². The van der Waals surface area contributed by atoms with E-state index in [0.29, 0.717) is 0 Å². The van der Waals surface area contributed by atoms with E-state index in [0.717, 1.165) is 11.5 Å². The van der Waals surface area contributed by atoms with Crippen LogP contribution in [-0.4, -0.2) is 23.3 Å². The standard InChI is InChI=1S/C11H16N2O3S/c1-7-3-4-9(16-7)8(2)13-11(15)6-17-5-10(12)14/h3-4,8H,5-6H2,1-2H3,(H2,12,14)(H,13,15)/t8-/m1/s1. The average Bonchev–Trinajstić information content (AvgIpc) is 2.64. The number of carbonyl (C=O) groups excluding carboxylic acids is 2. The predicted molar refractivity (Wildman–Crippen MR) is 66.5 cm³/mol. The normalized spacial score (nSPS) is 12.1. The summed E-state index contributed by atoms with van der Waals surface area (Å²) in [5, 5.41) is 2.78. The first-order valence-electron chi connectivity index (χ1n) is 5.21. The third-order valence-electron chi connectivity index (χ3n) is 2.04. The molecule has 1 aromatic heterocycles. The molecule has 1 heterocycles. The molecule has 1 atom stereocenters. The maximum absolute atomic E-state index is 11.5. The fourth-order valence-corrected chi connectivity index (χ4v) is 1.86. The molecule has 0 aliphatic heterocycles. The van der Waals surface area contributed by atoms with Crippen LogP contribution in [0.1, 0.15) is 24.5 Å². The van der Waals surface area contributed by atoms with Crippen molar-refractivity contribution in [3.8, 4) is 0 Å². The lowest BCUT2D eigenvalue weighted by molar-refractivity contribution is -0.119. The van der Waals surface area contributed by atoms with Gasteiger partial charge in [0, 0.05) is 0 Å². The Morgan fingerprint density at radius 1 is 1.47 bits per heavy atom. The number of carbonyl (C=O) groups is 2. The zero-order valence-electron chi connectivity index (χ0n) is 9.86. The molecule has 17 heavy (non-hydrogen) atoms. The molecule has 1 rings (SSSR count). The van der Waals surface area contributed by atoms with E-state index in [-0.39, 0.29) is 23.5 Å². The lowest BCUT2D eigenvalue weighted by Crippen LogP contribution is -2.28. The van der Waals surface area contributed by atoms with Crippen LogP contribution in [0.3, 0.4) is 0 Å². The number of nitrogens with two attached hydrogens (primary N) is 1. The Balaban J connectivity index is 2.33. The summed E-state index contributed by atoms with van der Waals surface area (Å²) in [6, 6.07) is 3.50. The number of primary amides is 1. The van der Waals surface area contributed by atoms with Gasteiger partial charge in [0.2, 0.25) is 11.8 Å². The highest BCUT2D eigenvalue weighted by Crippen LogP contribution is 2.15. The summed E-state index contributed by atoms with van der Waals surface area (Å²) in [6.45, 7) is 3.69. The molecule has 0 saturated carbocycles. The van der Waals surface area contributed by atoms with E-state index in [1.54, 1.807) is 0 Å². The molecule has 0 fully saturated rings. The molecular formula is C11H16N2O3S. The van der Waals surface area contributed by atoms with Crippen molar-refractivity contribution in [1.82, 2.24) is 5.32 Å². The monoisotopic (exact) mass is 256 g/mol. The Labute approximate surface area is 104 Å². The third kappa shape index (κ3) is 4.95. The summed E-state index contributed by atoms with van der Waals surface area (Å²) < 4.78 is 5.39. The van der Waals surface area contributed by atoms with Crippen LogP contribution in [0.4, 0.5) is 0 Å². The van der Waals surface area contributed by atoms with Gasteiger partial charge in [-0.15, -0.1) is 11.8 Å². The fraction of sp³-hybridized carbons (Fsp3) is 0.455. The molecule has 0 aromatic carbocycles. The molecular weight excluding hydrogens is 240 g/mol. The summed E-state index contributed by atoms with van der Waals surface area (Å²) in [4.78, 5) is 22.0. The first-order valence-corrected chi connectivity index (χ1v) is 6.36. The second-order valence-electron chi connectivity index (χ2n) is 3.70. The van der Waals surface area contributed by atoms with Crippen molar-refractivity contribution in [3.63, 3.8) is 0 Å². The highest BCUT2D eigenvalue weighted by Gasteiger charge is 2.12. The van der Waals surface area contributed by atoms with Gasteiger partial charge in [0.1, 0.15) is 11.5 Å². The topological polar surface area (TPSA) is 85.3 Å². The molecule has 0 spiro atoms. The lowest BCUT2D eigenvalue weighted by Gasteiger charge is -2.10. The highest BCUT2D eigenvalue weighted by molar-refractivity contribution is 8.00. The first-order chi connectivity index (χ1) is 7.99. The van der Waals surface area contributed by atoms with Gasteiger partial charge in [-0.1, -0.05) is 0 Å². The minimum Gasteiger partial charge on any atom is -0.464 e. The van der Waals surface area contributed by atoms with E-state index >= 15 is 0 Å². The SMILES string of the molecule is Cc1ccc([C@@H](C)NC(=O)CSCC(N)=O)o1. The summed E-state index contributed by atoms with van der Waals surface area (Å²) in [6.07, 6.45) is 0. The van der Waals surface area contributed by atoms with Crippen LogP contribution in [-0.2, 0) is 9.59 Å². The molecule has 5 nitrogen and oxygen atoms in total. The zero-order chi connectivity index (χ0) is 12.8. The maximum atomic E-state index is 11.5. The average molecular weight is 256 g/mol. The highest BCUT2D eigenvalue weighted by atomic mass is 32.2. The molecule has 0 radical (unpaired) electrons. The van der Waals surface area contributed by atoms with Crippen molar-refractivity contribution in [3.05, 3.63) is 23.7 Å². The second kappa shape index (κ2) is 6.34. The van der Waals surface area contributed by atoms with E-state index in [9.17, 15) is 9.59 Å². The molecule has 0 aliphatic carbocycles. The number of furan rings is 1. The van der Waals surface area contributed by atoms with Gasteiger partial charge >= 0.3 is 0 Å². The summed E-state index contributed by atoms with van der Waals surface area (Å²) in [5.41, 5.74) is 4.97. The first kappa shape index (κ1) is 13.6. The Bertz CT molecular complexity index is 403. The molecule has 0 bridgehead atoms. The van der Waals surface area contributed by atoms with Gasteiger partial charge in [-0.2, -0.15) is 0 Å². The molecule has 6 heteroatoms. The van der Waals surface area contributed by atoms with E-state index in [4.69, 9.17) is 10.2 Å². The van der Waals surface area contributed by atoms with Crippen LogP contribution in [0.25, 0.3) is 0 Å². The quantitative estimate of drug-likeness (QED) is 0.794. The Hall–Kier alpha value is -1.43. The van der Waals surface area contributed by atoms with Crippen LogP contribution in [0, 0.1) is 6.92 Å². The summed E-state index contributed by atoms with van der Waals surface area (Å²) >= 11 is 1.19. The zero-order valence-corrected chi connectivity index (χ0v) is 10.7. The minimum atomic E-state index is -0.419. The number of thioether (sulfide) groups is 1. The van der Waals surface area contributed by atoms with Gasteiger partial charge in [-0.05, 0) is 26.0 Å². The smallest absolute Gasteiger partial charge is 0.230 e. The van der Waals surface area contributed by atoms with Crippen molar-refractivity contribution in [2.75, 3.05) is 11.5 Å². The molecule has 0 unspecified atom stereocenters. The fourth-order valence-electron chi connectivity index (χ4n) is 1.28. The van der Waals surface area contributed by atoms with Crippen LogP contribution >= 0.6 is 11.8 Å². The van der Waals surface area contributed by atoms with E-state index in [2.05, 4.69) is 5.32 Å². The van der Waals surface area contributed by atoms with Crippen LogP contribution in [0.5, 0.6) is 0 Å². The van der Waals surface area contributed by atoms with Gasteiger partial charge < -0.3 is 15.5 Å². The minimum absolute atomic E-state index is 0.141. The number of aryl methyl sites for hydroxylation is 1. The van der Waals surface area contributed by atoms with Gasteiger partial charge in [0.25, 0.3) is 0 Å². The van der Waals surface area contributed by atoms with Gasteiger partial charge in [0.05, 0.1) is 17.5 Å². The molecule has 94 valence electrons. The lowest BCUT2D eigenvalue weighted by atomic mass is 10.2.